The summed E-state index contributed by atoms with van der Waals surface area (Å²) >= 11 is 0. The van der Waals surface area contributed by atoms with Gasteiger partial charge in [0.25, 0.3) is 0 Å². The van der Waals surface area contributed by atoms with Gasteiger partial charge in [-0.3, -0.25) is 0 Å². The molecule has 0 unspecified atom stereocenters. The van der Waals surface area contributed by atoms with Crippen LogP contribution in [0.25, 0.3) is 77.9 Å². The minimum absolute atomic E-state index is 0.601. The quantitative estimate of drug-likeness (QED) is 0.168. The molecule has 53 heavy (non-hydrogen) atoms. The van der Waals surface area contributed by atoms with Gasteiger partial charge in [-0.1, -0.05) is 121 Å². The van der Waals surface area contributed by atoms with Crippen LogP contribution in [0.15, 0.2) is 203 Å². The second kappa shape index (κ2) is 12.9. The molecule has 4 heteroatoms. The van der Waals surface area contributed by atoms with E-state index in [-0.39, 0.29) is 0 Å². The Labute approximate surface area is 306 Å². The van der Waals surface area contributed by atoms with Gasteiger partial charge in [0.15, 0.2) is 5.58 Å². The number of rotatable bonds is 7. The number of anilines is 3. The Morgan fingerprint density at radius 2 is 0.887 bits per heavy atom. The second-order valence-electron chi connectivity index (χ2n) is 13.2. The van der Waals surface area contributed by atoms with Crippen molar-refractivity contribution in [1.29, 1.82) is 0 Å². The third kappa shape index (κ3) is 5.54. The van der Waals surface area contributed by atoms with Crippen molar-refractivity contribution < 1.29 is 8.83 Å². The van der Waals surface area contributed by atoms with Gasteiger partial charge in [-0.25, -0.2) is 4.98 Å². The molecular weight excluding hydrogens is 649 g/mol. The lowest BCUT2D eigenvalue weighted by Crippen LogP contribution is -2.09. The average Bonchev–Trinajstić information content (AvgIpc) is 3.84. The first-order valence-corrected chi connectivity index (χ1v) is 17.8. The summed E-state index contributed by atoms with van der Waals surface area (Å²) in [7, 11) is 0. The summed E-state index contributed by atoms with van der Waals surface area (Å²) in [6, 6.07) is 67.6. The fourth-order valence-electron chi connectivity index (χ4n) is 7.35. The first-order valence-electron chi connectivity index (χ1n) is 17.8. The van der Waals surface area contributed by atoms with Gasteiger partial charge in [0.1, 0.15) is 16.7 Å². The molecule has 8 aromatic carbocycles. The summed E-state index contributed by atoms with van der Waals surface area (Å²) in [6.45, 7) is 0. The number of fused-ring (bicyclic) bond motifs is 5. The topological polar surface area (TPSA) is 42.4 Å². The van der Waals surface area contributed by atoms with Crippen molar-refractivity contribution in [1.82, 2.24) is 4.98 Å². The molecule has 4 nitrogen and oxygen atoms in total. The number of hydrogen-bond acceptors (Lipinski definition) is 4. The highest BCUT2D eigenvalue weighted by Gasteiger charge is 2.18. The van der Waals surface area contributed by atoms with Crippen molar-refractivity contribution in [3.05, 3.63) is 194 Å². The molecule has 0 spiro atoms. The van der Waals surface area contributed by atoms with Gasteiger partial charge < -0.3 is 13.7 Å². The number of para-hydroxylation sites is 1. The van der Waals surface area contributed by atoms with Gasteiger partial charge in [0, 0.05) is 28.0 Å². The smallest absolute Gasteiger partial charge is 0.227 e. The normalized spacial score (nSPS) is 11.4. The van der Waals surface area contributed by atoms with Crippen LogP contribution in [0.3, 0.4) is 0 Å². The van der Waals surface area contributed by atoms with E-state index in [2.05, 4.69) is 150 Å². The van der Waals surface area contributed by atoms with Crippen LogP contribution in [0.2, 0.25) is 0 Å². The van der Waals surface area contributed by atoms with Crippen molar-refractivity contribution in [2.45, 2.75) is 0 Å². The summed E-state index contributed by atoms with van der Waals surface area (Å²) in [5.74, 6) is 0.601. The van der Waals surface area contributed by atoms with Crippen molar-refractivity contribution in [2.75, 3.05) is 4.90 Å². The number of nitrogens with zero attached hydrogens (tertiary/aromatic N) is 2. The van der Waals surface area contributed by atoms with Crippen LogP contribution in [-0.2, 0) is 0 Å². The molecule has 0 aliphatic heterocycles. The Balaban J connectivity index is 1.01. The Kier molecular flexibility index (Phi) is 7.43. The van der Waals surface area contributed by atoms with Crippen LogP contribution in [0.4, 0.5) is 17.1 Å². The zero-order valence-corrected chi connectivity index (χ0v) is 28.7. The van der Waals surface area contributed by atoms with E-state index in [0.717, 1.165) is 66.8 Å². The van der Waals surface area contributed by atoms with Gasteiger partial charge >= 0.3 is 0 Å². The summed E-state index contributed by atoms with van der Waals surface area (Å²) in [6.07, 6.45) is 0. The number of hydrogen-bond donors (Lipinski definition) is 0. The van der Waals surface area contributed by atoms with Gasteiger partial charge in [0.05, 0.1) is 5.39 Å². The first kappa shape index (κ1) is 30.6. The molecule has 0 N–H and O–H groups in total. The van der Waals surface area contributed by atoms with E-state index in [1.807, 2.05) is 48.5 Å². The van der Waals surface area contributed by atoms with Gasteiger partial charge in [-0.05, 0) is 106 Å². The van der Waals surface area contributed by atoms with Gasteiger partial charge in [-0.2, -0.15) is 0 Å². The highest BCUT2D eigenvalue weighted by Crippen LogP contribution is 2.41. The molecule has 0 saturated carbocycles. The predicted octanol–water partition coefficient (Wildman–Crippen LogP) is 13.9. The van der Waals surface area contributed by atoms with E-state index < -0.39 is 0 Å². The molecule has 0 amide bonds. The minimum Gasteiger partial charge on any atom is -0.456 e. The van der Waals surface area contributed by atoms with Gasteiger partial charge in [-0.15, -0.1) is 0 Å². The molecule has 0 aliphatic rings. The molecule has 0 saturated heterocycles. The maximum atomic E-state index is 6.39. The van der Waals surface area contributed by atoms with E-state index in [9.17, 15) is 0 Å². The van der Waals surface area contributed by atoms with Crippen molar-refractivity contribution >= 4 is 50.1 Å². The Hall–Kier alpha value is -7.17. The molecule has 2 heterocycles. The molecule has 0 atom stereocenters. The zero-order valence-electron chi connectivity index (χ0n) is 28.7. The zero-order chi connectivity index (χ0) is 35.1. The molecule has 0 fully saturated rings. The van der Waals surface area contributed by atoms with Crippen LogP contribution in [0, 0.1) is 0 Å². The van der Waals surface area contributed by atoms with Crippen molar-refractivity contribution in [3.8, 4) is 44.8 Å². The summed E-state index contributed by atoms with van der Waals surface area (Å²) in [4.78, 5) is 7.10. The van der Waals surface area contributed by atoms with Gasteiger partial charge in [0.2, 0.25) is 5.89 Å². The molecule has 2 aromatic heterocycles. The largest absolute Gasteiger partial charge is 0.456 e. The molecule has 0 aliphatic carbocycles. The second-order valence-corrected chi connectivity index (χ2v) is 13.2. The van der Waals surface area contributed by atoms with E-state index in [0.29, 0.717) is 5.89 Å². The van der Waals surface area contributed by atoms with Crippen molar-refractivity contribution in [2.24, 2.45) is 0 Å². The number of oxazole rings is 1. The van der Waals surface area contributed by atoms with E-state index in [4.69, 9.17) is 13.8 Å². The monoisotopic (exact) mass is 680 g/mol. The third-order valence-electron chi connectivity index (χ3n) is 9.93. The predicted molar refractivity (Wildman–Crippen MR) is 218 cm³/mol. The fourth-order valence-corrected chi connectivity index (χ4v) is 7.35. The number of aromatic nitrogens is 1. The lowest BCUT2D eigenvalue weighted by molar-refractivity contribution is 0.622. The molecule has 0 radical (unpaired) electrons. The number of furan rings is 1. The minimum atomic E-state index is 0.601. The average molecular weight is 681 g/mol. The van der Waals surface area contributed by atoms with Crippen LogP contribution in [0.1, 0.15) is 0 Å². The van der Waals surface area contributed by atoms with Crippen LogP contribution in [0.5, 0.6) is 0 Å². The maximum Gasteiger partial charge on any atom is 0.227 e. The summed E-state index contributed by atoms with van der Waals surface area (Å²) in [5, 5.41) is 1.94. The van der Waals surface area contributed by atoms with E-state index >= 15 is 0 Å². The third-order valence-corrected chi connectivity index (χ3v) is 9.93. The standard InChI is InChI=1S/C49H32N2O2/c1-4-12-34(13-5-1)41-18-10-11-19-42(41)35-22-27-40(28-23-35)51(38-16-8-3-9-17-38)39-25-20-33(21-26-39)37-24-30-45-43(32-37)47-46(52-45)31-29-44-48(47)53-49(50-44)36-14-6-2-7-15-36/h1-32H. The Morgan fingerprint density at radius 1 is 0.377 bits per heavy atom. The SMILES string of the molecule is c1ccc(-c2nc3ccc4oc5ccc(-c6ccc(N(c7ccccc7)c7ccc(-c8ccccc8-c8ccccc8)cc7)cc6)cc5c4c3o2)cc1. The highest BCUT2D eigenvalue weighted by molar-refractivity contribution is 6.17. The molecule has 10 aromatic rings. The summed E-state index contributed by atoms with van der Waals surface area (Å²) < 4.78 is 12.7. The highest BCUT2D eigenvalue weighted by atomic mass is 16.4. The Morgan fingerprint density at radius 3 is 1.55 bits per heavy atom. The lowest BCUT2D eigenvalue weighted by atomic mass is 9.94. The Bertz CT molecular complexity index is 2860. The molecule has 250 valence electrons. The summed E-state index contributed by atoms with van der Waals surface area (Å²) in [5.41, 5.74) is 14.4. The van der Waals surface area contributed by atoms with Crippen LogP contribution >= 0.6 is 0 Å². The van der Waals surface area contributed by atoms with E-state index in [1.54, 1.807) is 0 Å². The molecule has 0 bridgehead atoms. The van der Waals surface area contributed by atoms with Crippen LogP contribution < -0.4 is 4.90 Å². The molecule has 10 rings (SSSR count). The first-order chi connectivity index (χ1) is 26.3. The van der Waals surface area contributed by atoms with Crippen LogP contribution in [-0.4, -0.2) is 4.98 Å². The maximum absolute atomic E-state index is 6.39. The van der Waals surface area contributed by atoms with Crippen molar-refractivity contribution in [3.63, 3.8) is 0 Å². The van der Waals surface area contributed by atoms with E-state index in [1.165, 1.54) is 22.3 Å². The molecular formula is C49H32N2O2. The number of benzene rings is 8. The lowest BCUT2D eigenvalue weighted by Gasteiger charge is -2.26. The fraction of sp³-hybridized carbons (Fsp3) is 0.